The standard InChI is InChI=1S/C17H22N2O3/c1-10-8-19(16(22)18-15(10)21)9-14(20)17-5-11-2-12(6-17)4-13(3-11)7-17/h8,11-13H,2-7,9H2,1H3,(H,18,21,22). The van der Waals surface area contributed by atoms with Crippen molar-refractivity contribution in [2.45, 2.75) is 52.0 Å². The van der Waals surface area contributed by atoms with Gasteiger partial charge in [-0.3, -0.25) is 19.1 Å². The van der Waals surface area contributed by atoms with Crippen LogP contribution in [0.4, 0.5) is 0 Å². The SMILES string of the molecule is Cc1cn(CC(=O)C23CC4CC(CC(C4)C2)C3)c(=O)[nH]c1=O. The van der Waals surface area contributed by atoms with E-state index in [-0.39, 0.29) is 23.3 Å². The lowest BCUT2D eigenvalue weighted by atomic mass is 9.48. The van der Waals surface area contributed by atoms with Crippen LogP contribution in [0.1, 0.15) is 44.1 Å². The van der Waals surface area contributed by atoms with Crippen molar-refractivity contribution in [3.63, 3.8) is 0 Å². The highest BCUT2D eigenvalue weighted by Crippen LogP contribution is 2.60. The van der Waals surface area contributed by atoms with E-state index in [1.807, 2.05) is 0 Å². The van der Waals surface area contributed by atoms with Crippen molar-refractivity contribution in [3.8, 4) is 0 Å². The summed E-state index contributed by atoms with van der Waals surface area (Å²) in [6.07, 6.45) is 8.43. The second-order valence-electron chi connectivity index (χ2n) is 7.82. The van der Waals surface area contributed by atoms with Crippen LogP contribution in [0.15, 0.2) is 15.8 Å². The number of aromatic amines is 1. The summed E-state index contributed by atoms with van der Waals surface area (Å²) >= 11 is 0. The average Bonchev–Trinajstić information content (AvgIpc) is 2.43. The lowest BCUT2D eigenvalue weighted by molar-refractivity contribution is -0.144. The number of aromatic nitrogens is 2. The monoisotopic (exact) mass is 302 g/mol. The predicted octanol–water partition coefficient (Wildman–Crippen LogP) is 1.63. The van der Waals surface area contributed by atoms with Crippen molar-refractivity contribution in [1.29, 1.82) is 0 Å². The summed E-state index contributed by atoms with van der Waals surface area (Å²) in [5.41, 5.74) is -0.576. The Hall–Kier alpha value is -1.65. The van der Waals surface area contributed by atoms with Crippen LogP contribution in [0.25, 0.3) is 0 Å². The topological polar surface area (TPSA) is 71.9 Å². The van der Waals surface area contributed by atoms with Gasteiger partial charge in [0.05, 0.1) is 6.54 Å². The highest BCUT2D eigenvalue weighted by molar-refractivity contribution is 5.85. The molecule has 0 saturated heterocycles. The molecule has 0 aliphatic heterocycles. The van der Waals surface area contributed by atoms with Crippen LogP contribution < -0.4 is 11.2 Å². The van der Waals surface area contributed by atoms with E-state index >= 15 is 0 Å². The fourth-order valence-electron chi connectivity index (χ4n) is 5.51. The summed E-state index contributed by atoms with van der Waals surface area (Å²) in [5, 5.41) is 0. The first-order valence-corrected chi connectivity index (χ1v) is 8.29. The minimum absolute atomic E-state index is 0.0998. The Bertz CT molecular complexity index is 708. The zero-order valence-corrected chi connectivity index (χ0v) is 12.9. The van der Waals surface area contributed by atoms with Gasteiger partial charge in [-0.1, -0.05) is 0 Å². The number of hydrogen-bond acceptors (Lipinski definition) is 3. The molecule has 0 aromatic carbocycles. The van der Waals surface area contributed by atoms with E-state index in [0.717, 1.165) is 19.3 Å². The molecule has 4 fully saturated rings. The first-order valence-electron chi connectivity index (χ1n) is 8.29. The largest absolute Gasteiger partial charge is 0.328 e. The van der Waals surface area contributed by atoms with Gasteiger partial charge in [-0.25, -0.2) is 4.79 Å². The quantitative estimate of drug-likeness (QED) is 0.922. The van der Waals surface area contributed by atoms with Crippen LogP contribution in [0.3, 0.4) is 0 Å². The molecule has 4 bridgehead atoms. The number of aryl methyl sites for hydroxylation is 1. The zero-order valence-electron chi connectivity index (χ0n) is 12.9. The molecule has 4 aliphatic carbocycles. The predicted molar refractivity (Wildman–Crippen MR) is 81.7 cm³/mol. The van der Waals surface area contributed by atoms with Gasteiger partial charge in [0.15, 0.2) is 5.78 Å². The fraction of sp³-hybridized carbons (Fsp3) is 0.706. The Balaban J connectivity index is 1.62. The Kier molecular flexibility index (Phi) is 2.97. The van der Waals surface area contributed by atoms with Crippen LogP contribution in [-0.2, 0) is 11.3 Å². The molecule has 4 aliphatic rings. The number of rotatable bonds is 3. The number of H-pyrrole nitrogens is 1. The Morgan fingerprint density at radius 1 is 1.18 bits per heavy atom. The first-order chi connectivity index (χ1) is 10.4. The van der Waals surface area contributed by atoms with Crippen LogP contribution in [0.5, 0.6) is 0 Å². The number of Topliss-reactive ketones (excluding diaryl/α,β-unsaturated/α-hetero) is 1. The normalized spacial score (nSPS) is 35.8. The maximum absolute atomic E-state index is 13.0. The summed E-state index contributed by atoms with van der Waals surface area (Å²) in [7, 11) is 0. The molecule has 4 saturated carbocycles. The number of ketones is 1. The van der Waals surface area contributed by atoms with Gasteiger partial charge >= 0.3 is 5.69 Å². The molecule has 0 atom stereocenters. The summed E-state index contributed by atoms with van der Waals surface area (Å²) in [6.45, 7) is 1.76. The molecule has 1 heterocycles. The third-order valence-electron chi connectivity index (χ3n) is 6.13. The lowest BCUT2D eigenvalue weighted by Crippen LogP contribution is -2.51. The number of hydrogen-bond donors (Lipinski definition) is 1. The maximum Gasteiger partial charge on any atom is 0.328 e. The smallest absolute Gasteiger partial charge is 0.297 e. The van der Waals surface area contributed by atoms with E-state index in [0.29, 0.717) is 23.3 Å². The molecule has 1 aromatic heterocycles. The molecule has 1 N–H and O–H groups in total. The molecular formula is C17H22N2O3. The average molecular weight is 302 g/mol. The van der Waals surface area contributed by atoms with E-state index in [1.54, 1.807) is 6.92 Å². The third kappa shape index (κ3) is 2.09. The van der Waals surface area contributed by atoms with Crippen LogP contribution in [0, 0.1) is 30.1 Å². The van der Waals surface area contributed by atoms with Gasteiger partial charge in [0.2, 0.25) is 0 Å². The molecule has 1 aromatic rings. The highest BCUT2D eigenvalue weighted by Gasteiger charge is 2.54. The molecule has 118 valence electrons. The highest BCUT2D eigenvalue weighted by atomic mass is 16.2. The number of nitrogens with zero attached hydrogens (tertiary/aromatic N) is 1. The van der Waals surface area contributed by atoms with Gasteiger partial charge in [0, 0.05) is 17.2 Å². The second kappa shape index (κ2) is 4.67. The lowest BCUT2D eigenvalue weighted by Gasteiger charge is -2.56. The fourth-order valence-corrected chi connectivity index (χ4v) is 5.51. The zero-order chi connectivity index (χ0) is 15.5. The van der Waals surface area contributed by atoms with Gasteiger partial charge in [0.1, 0.15) is 0 Å². The van der Waals surface area contributed by atoms with Crippen LogP contribution in [-0.4, -0.2) is 15.3 Å². The summed E-state index contributed by atoms with van der Waals surface area (Å²) < 4.78 is 1.37. The van der Waals surface area contributed by atoms with E-state index in [9.17, 15) is 14.4 Å². The molecule has 22 heavy (non-hydrogen) atoms. The van der Waals surface area contributed by atoms with Crippen LogP contribution >= 0.6 is 0 Å². The third-order valence-corrected chi connectivity index (χ3v) is 6.13. The van der Waals surface area contributed by atoms with Gasteiger partial charge in [-0.05, 0) is 63.2 Å². The summed E-state index contributed by atoms with van der Waals surface area (Å²) in [6, 6.07) is 0. The van der Waals surface area contributed by atoms with Crippen molar-refractivity contribution in [1.82, 2.24) is 9.55 Å². The van der Waals surface area contributed by atoms with Crippen molar-refractivity contribution < 1.29 is 4.79 Å². The van der Waals surface area contributed by atoms with Crippen molar-refractivity contribution in [2.24, 2.45) is 23.2 Å². The van der Waals surface area contributed by atoms with E-state index in [4.69, 9.17) is 0 Å². The maximum atomic E-state index is 13.0. The Morgan fingerprint density at radius 3 is 2.27 bits per heavy atom. The van der Waals surface area contributed by atoms with Crippen molar-refractivity contribution >= 4 is 5.78 Å². The molecular weight excluding hydrogens is 280 g/mol. The number of nitrogens with one attached hydrogen (secondary N) is 1. The molecule has 5 rings (SSSR count). The number of carbonyl (C=O) groups excluding carboxylic acids is 1. The molecule has 0 unspecified atom stereocenters. The van der Waals surface area contributed by atoms with E-state index in [2.05, 4.69) is 4.98 Å². The Labute approximate surface area is 128 Å². The first kappa shape index (κ1) is 14.0. The number of carbonyl (C=O) groups is 1. The molecule has 5 heteroatoms. The second-order valence-corrected chi connectivity index (χ2v) is 7.82. The minimum atomic E-state index is -0.478. The van der Waals surface area contributed by atoms with Crippen molar-refractivity contribution in [3.05, 3.63) is 32.6 Å². The van der Waals surface area contributed by atoms with Gasteiger partial charge in [-0.2, -0.15) is 0 Å². The van der Waals surface area contributed by atoms with Gasteiger partial charge in [-0.15, -0.1) is 0 Å². The minimum Gasteiger partial charge on any atom is -0.297 e. The molecule has 0 amide bonds. The summed E-state index contributed by atoms with van der Waals surface area (Å²) in [4.78, 5) is 38.6. The van der Waals surface area contributed by atoms with Crippen molar-refractivity contribution in [2.75, 3.05) is 0 Å². The van der Waals surface area contributed by atoms with E-state index in [1.165, 1.54) is 30.0 Å². The van der Waals surface area contributed by atoms with Crippen LogP contribution in [0.2, 0.25) is 0 Å². The van der Waals surface area contributed by atoms with Gasteiger partial charge < -0.3 is 0 Å². The summed E-state index contributed by atoms with van der Waals surface area (Å²) in [5.74, 6) is 2.33. The van der Waals surface area contributed by atoms with E-state index < -0.39 is 5.69 Å². The molecule has 0 radical (unpaired) electrons. The molecule has 0 spiro atoms. The molecule has 5 nitrogen and oxygen atoms in total. The Morgan fingerprint density at radius 2 is 1.73 bits per heavy atom. The van der Waals surface area contributed by atoms with Gasteiger partial charge in [0.25, 0.3) is 5.56 Å².